The summed E-state index contributed by atoms with van der Waals surface area (Å²) in [5.41, 5.74) is 5.26. The quantitative estimate of drug-likeness (QED) is 0.330. The third-order valence-electron chi connectivity index (χ3n) is 1.57. The molecule has 0 spiro atoms. The lowest BCUT2D eigenvalue weighted by atomic mass is 10.5. The average molecular weight is 186 g/mol. The molecule has 0 saturated carbocycles. The number of hydrogen-bond donors (Lipinski definition) is 2. The van der Waals surface area contributed by atoms with Gasteiger partial charge in [-0.1, -0.05) is 5.16 Å². The second-order valence-electron chi connectivity index (χ2n) is 2.73. The van der Waals surface area contributed by atoms with E-state index in [2.05, 4.69) is 5.16 Å². The summed E-state index contributed by atoms with van der Waals surface area (Å²) in [5.74, 6) is 0.304. The van der Waals surface area contributed by atoms with E-state index >= 15 is 0 Å². The van der Waals surface area contributed by atoms with Crippen LogP contribution in [0, 0.1) is 5.41 Å². The molecule has 0 aromatic rings. The van der Waals surface area contributed by atoms with Gasteiger partial charge in [-0.05, 0) is 6.92 Å². The third-order valence-corrected chi connectivity index (χ3v) is 1.57. The van der Waals surface area contributed by atoms with Gasteiger partial charge >= 0.3 is 6.02 Å². The first-order valence-electron chi connectivity index (χ1n) is 4.08. The molecule has 1 aliphatic heterocycles. The highest BCUT2D eigenvalue weighted by atomic mass is 16.6. The van der Waals surface area contributed by atoms with E-state index in [1.807, 2.05) is 0 Å². The molecule has 1 fully saturated rings. The van der Waals surface area contributed by atoms with Crippen LogP contribution in [0.15, 0.2) is 5.16 Å². The van der Waals surface area contributed by atoms with E-state index in [-0.39, 0.29) is 6.02 Å². The van der Waals surface area contributed by atoms with Crippen molar-refractivity contribution in [3.8, 4) is 0 Å². The second-order valence-corrected chi connectivity index (χ2v) is 2.73. The summed E-state index contributed by atoms with van der Waals surface area (Å²) in [6.07, 6.45) is 0. The van der Waals surface area contributed by atoms with E-state index < -0.39 is 0 Å². The van der Waals surface area contributed by atoms with Crippen molar-refractivity contribution < 1.29 is 9.57 Å². The van der Waals surface area contributed by atoms with E-state index in [9.17, 15) is 0 Å². The van der Waals surface area contributed by atoms with Crippen molar-refractivity contribution in [3.63, 3.8) is 0 Å². The fourth-order valence-electron chi connectivity index (χ4n) is 0.939. The Hall–Kier alpha value is -1.30. The van der Waals surface area contributed by atoms with Gasteiger partial charge in [0.2, 0.25) is 0 Å². The highest BCUT2D eigenvalue weighted by molar-refractivity contribution is 5.78. The lowest BCUT2D eigenvalue weighted by molar-refractivity contribution is 0.0547. The van der Waals surface area contributed by atoms with Gasteiger partial charge in [-0.2, -0.15) is 0 Å². The topological polar surface area (TPSA) is 83.9 Å². The van der Waals surface area contributed by atoms with Crippen molar-refractivity contribution in [2.75, 3.05) is 26.3 Å². The Labute approximate surface area is 76.8 Å². The van der Waals surface area contributed by atoms with Crippen molar-refractivity contribution in [1.82, 2.24) is 4.90 Å². The number of ether oxygens (including phenoxy) is 1. The number of amidine groups is 2. The molecular weight excluding hydrogens is 172 g/mol. The van der Waals surface area contributed by atoms with Crippen LogP contribution in [0.3, 0.4) is 0 Å². The van der Waals surface area contributed by atoms with Crippen LogP contribution in [0.1, 0.15) is 6.92 Å². The van der Waals surface area contributed by atoms with Gasteiger partial charge in [0.05, 0.1) is 13.2 Å². The summed E-state index contributed by atoms with van der Waals surface area (Å²) in [6.45, 7) is 4.18. The number of nitrogens with zero attached hydrogens (tertiary/aromatic N) is 2. The van der Waals surface area contributed by atoms with Gasteiger partial charge in [-0.3, -0.25) is 0 Å². The molecule has 0 bridgehead atoms. The average Bonchev–Trinajstić information content (AvgIpc) is 2.15. The standard InChI is InChI=1S/C7H14N4O2/c1-6(8)10-13-7(9)11-2-4-12-5-3-11/h9H,2-5H2,1H3,(H2,8,10). The Morgan fingerprint density at radius 2 is 2.15 bits per heavy atom. The Morgan fingerprint density at radius 3 is 2.69 bits per heavy atom. The molecule has 6 nitrogen and oxygen atoms in total. The molecule has 0 aromatic carbocycles. The molecule has 0 radical (unpaired) electrons. The van der Waals surface area contributed by atoms with Crippen LogP contribution >= 0.6 is 0 Å². The molecule has 0 atom stereocenters. The Kier molecular flexibility index (Phi) is 3.51. The number of rotatable bonds is 1. The van der Waals surface area contributed by atoms with Gasteiger partial charge in [-0.15, -0.1) is 0 Å². The zero-order valence-electron chi connectivity index (χ0n) is 7.62. The fraction of sp³-hybridized carbons (Fsp3) is 0.714. The summed E-state index contributed by atoms with van der Waals surface area (Å²) in [4.78, 5) is 6.51. The minimum absolute atomic E-state index is 0.0214. The van der Waals surface area contributed by atoms with Crippen LogP contribution in [0.25, 0.3) is 0 Å². The van der Waals surface area contributed by atoms with Crippen LogP contribution in [-0.2, 0) is 9.57 Å². The van der Waals surface area contributed by atoms with E-state index in [0.29, 0.717) is 32.1 Å². The minimum Gasteiger partial charge on any atom is -0.385 e. The Morgan fingerprint density at radius 1 is 1.54 bits per heavy atom. The molecule has 0 amide bonds. The number of morpholine rings is 1. The molecule has 0 unspecified atom stereocenters. The second kappa shape index (κ2) is 4.66. The minimum atomic E-state index is 0.0214. The molecular formula is C7H14N4O2. The van der Waals surface area contributed by atoms with E-state index in [0.717, 1.165) is 0 Å². The molecule has 74 valence electrons. The predicted molar refractivity (Wildman–Crippen MR) is 48.5 cm³/mol. The largest absolute Gasteiger partial charge is 0.385 e. The zero-order chi connectivity index (χ0) is 9.68. The highest BCUT2D eigenvalue weighted by Crippen LogP contribution is 1.98. The van der Waals surface area contributed by atoms with Crippen molar-refractivity contribution in [2.45, 2.75) is 6.92 Å². The Balaban J connectivity index is 2.33. The van der Waals surface area contributed by atoms with E-state index in [1.54, 1.807) is 11.8 Å². The van der Waals surface area contributed by atoms with Crippen molar-refractivity contribution in [3.05, 3.63) is 0 Å². The van der Waals surface area contributed by atoms with Gasteiger partial charge in [0.15, 0.2) is 0 Å². The third kappa shape index (κ3) is 3.29. The van der Waals surface area contributed by atoms with Crippen molar-refractivity contribution >= 4 is 11.9 Å². The van der Waals surface area contributed by atoms with Gasteiger partial charge in [0, 0.05) is 13.1 Å². The van der Waals surface area contributed by atoms with Gasteiger partial charge in [-0.25, -0.2) is 5.41 Å². The maximum Gasteiger partial charge on any atom is 0.314 e. The molecule has 0 aliphatic carbocycles. The van der Waals surface area contributed by atoms with Crippen LogP contribution in [0.2, 0.25) is 0 Å². The fourth-order valence-corrected chi connectivity index (χ4v) is 0.939. The van der Waals surface area contributed by atoms with Crippen LogP contribution < -0.4 is 5.73 Å². The summed E-state index contributed by atoms with van der Waals surface area (Å²) in [5, 5.41) is 10.9. The molecule has 1 rings (SSSR count). The number of oxime groups is 1. The highest BCUT2D eigenvalue weighted by Gasteiger charge is 2.14. The maximum atomic E-state index is 7.46. The van der Waals surface area contributed by atoms with Gasteiger partial charge in [0.25, 0.3) is 0 Å². The molecule has 1 saturated heterocycles. The van der Waals surface area contributed by atoms with E-state index in [4.69, 9.17) is 20.7 Å². The zero-order valence-corrected chi connectivity index (χ0v) is 7.62. The molecule has 1 aliphatic rings. The maximum absolute atomic E-state index is 7.46. The molecule has 6 heteroatoms. The summed E-state index contributed by atoms with van der Waals surface area (Å²) in [6, 6.07) is 0.0214. The smallest absolute Gasteiger partial charge is 0.314 e. The van der Waals surface area contributed by atoms with E-state index in [1.165, 1.54) is 0 Å². The predicted octanol–water partition coefficient (Wildman–Crippen LogP) is -0.438. The van der Waals surface area contributed by atoms with Crippen LogP contribution in [-0.4, -0.2) is 43.1 Å². The summed E-state index contributed by atoms with van der Waals surface area (Å²) in [7, 11) is 0. The van der Waals surface area contributed by atoms with Crippen LogP contribution in [0.5, 0.6) is 0 Å². The Bertz CT molecular complexity index is 207. The number of hydrogen-bond acceptors (Lipinski definition) is 4. The molecule has 0 aromatic heterocycles. The first-order chi connectivity index (χ1) is 6.20. The van der Waals surface area contributed by atoms with Crippen LogP contribution in [0.4, 0.5) is 0 Å². The SMILES string of the molecule is C/C(N)=N/OC(=N)N1CCOCC1. The van der Waals surface area contributed by atoms with Crippen molar-refractivity contribution in [1.29, 1.82) is 5.41 Å². The number of nitrogens with one attached hydrogen (secondary N) is 1. The number of nitrogens with two attached hydrogens (primary N) is 1. The monoisotopic (exact) mass is 186 g/mol. The molecule has 13 heavy (non-hydrogen) atoms. The van der Waals surface area contributed by atoms with Gasteiger partial charge < -0.3 is 20.2 Å². The molecule has 1 heterocycles. The summed E-state index contributed by atoms with van der Waals surface area (Å²) < 4.78 is 5.12. The molecule has 3 N–H and O–H groups in total. The summed E-state index contributed by atoms with van der Waals surface area (Å²) >= 11 is 0. The first-order valence-corrected chi connectivity index (χ1v) is 4.08. The first kappa shape index (κ1) is 9.79. The van der Waals surface area contributed by atoms with Crippen molar-refractivity contribution in [2.24, 2.45) is 10.9 Å². The lowest BCUT2D eigenvalue weighted by Crippen LogP contribution is -2.41. The normalized spacial score (nSPS) is 18.5. The lowest BCUT2D eigenvalue weighted by Gasteiger charge is -2.26. The van der Waals surface area contributed by atoms with Gasteiger partial charge in [0.1, 0.15) is 5.84 Å².